The molecule has 1 heterocycles. The van der Waals surface area contributed by atoms with E-state index in [-0.39, 0.29) is 5.57 Å². The zero-order valence-electron chi connectivity index (χ0n) is 8.42. The summed E-state index contributed by atoms with van der Waals surface area (Å²) in [6, 6.07) is 10.8. The Balaban J connectivity index is 2.43. The van der Waals surface area contributed by atoms with Crippen molar-refractivity contribution in [2.75, 3.05) is 0 Å². The highest BCUT2D eigenvalue weighted by molar-refractivity contribution is 7.08. The Morgan fingerprint density at radius 2 is 1.94 bits per heavy atom. The van der Waals surface area contributed by atoms with Gasteiger partial charge in [-0.1, -0.05) is 30.3 Å². The summed E-state index contributed by atoms with van der Waals surface area (Å²) in [6.45, 7) is 0. The molecule has 0 aliphatic heterocycles. The Hall–Kier alpha value is -1.87. The zero-order valence-corrected chi connectivity index (χ0v) is 9.24. The largest absolute Gasteiger partial charge is 0.545 e. The van der Waals surface area contributed by atoms with E-state index in [1.165, 1.54) is 11.3 Å². The summed E-state index contributed by atoms with van der Waals surface area (Å²) in [5.74, 6) is -1.16. The van der Waals surface area contributed by atoms with Crippen molar-refractivity contribution in [2.24, 2.45) is 0 Å². The summed E-state index contributed by atoms with van der Waals surface area (Å²) in [4.78, 5) is 11.1. The van der Waals surface area contributed by atoms with Crippen molar-refractivity contribution in [3.05, 3.63) is 58.3 Å². The minimum Gasteiger partial charge on any atom is -0.545 e. The molecule has 0 saturated heterocycles. The predicted octanol–water partition coefficient (Wildman–Crippen LogP) is 2.04. The third-order valence-electron chi connectivity index (χ3n) is 2.16. The van der Waals surface area contributed by atoms with Gasteiger partial charge in [-0.2, -0.15) is 11.3 Å². The minimum atomic E-state index is -1.16. The van der Waals surface area contributed by atoms with Crippen LogP contribution in [0.1, 0.15) is 11.1 Å². The van der Waals surface area contributed by atoms with Crippen LogP contribution in [0.3, 0.4) is 0 Å². The van der Waals surface area contributed by atoms with E-state index >= 15 is 0 Å². The number of carboxylic acids is 1. The highest BCUT2D eigenvalue weighted by Crippen LogP contribution is 2.18. The molecule has 1 aromatic carbocycles. The monoisotopic (exact) mass is 229 g/mol. The summed E-state index contributed by atoms with van der Waals surface area (Å²) in [6.07, 6.45) is 1.63. The van der Waals surface area contributed by atoms with E-state index in [9.17, 15) is 9.90 Å². The fraction of sp³-hybridized carbons (Fsp3) is 0. The van der Waals surface area contributed by atoms with Crippen LogP contribution >= 0.6 is 11.3 Å². The zero-order chi connectivity index (χ0) is 11.4. The normalized spacial score (nSPS) is 11.4. The number of hydrogen-bond acceptors (Lipinski definition) is 3. The first-order chi connectivity index (χ1) is 7.77. The third-order valence-corrected chi connectivity index (χ3v) is 2.86. The van der Waals surface area contributed by atoms with Gasteiger partial charge in [0.05, 0.1) is 5.97 Å². The molecular weight excluding hydrogens is 220 g/mol. The van der Waals surface area contributed by atoms with E-state index in [4.69, 9.17) is 0 Å². The average molecular weight is 229 g/mol. The average Bonchev–Trinajstić information content (AvgIpc) is 2.79. The van der Waals surface area contributed by atoms with Crippen LogP contribution in [0, 0.1) is 0 Å². The van der Waals surface area contributed by atoms with Crippen molar-refractivity contribution < 1.29 is 9.90 Å². The lowest BCUT2D eigenvalue weighted by atomic mass is 10.0. The summed E-state index contributed by atoms with van der Waals surface area (Å²) < 4.78 is 0. The van der Waals surface area contributed by atoms with Gasteiger partial charge in [0.25, 0.3) is 0 Å². The molecule has 1 aromatic heterocycles. The molecule has 0 fully saturated rings. The molecule has 0 radical (unpaired) electrons. The van der Waals surface area contributed by atoms with Crippen LogP contribution in [0.2, 0.25) is 0 Å². The van der Waals surface area contributed by atoms with Gasteiger partial charge in [0, 0.05) is 5.57 Å². The molecule has 80 valence electrons. The van der Waals surface area contributed by atoms with Gasteiger partial charge in [-0.15, -0.1) is 0 Å². The van der Waals surface area contributed by atoms with Crippen LogP contribution < -0.4 is 5.11 Å². The van der Waals surface area contributed by atoms with Crippen molar-refractivity contribution >= 4 is 29.0 Å². The van der Waals surface area contributed by atoms with Gasteiger partial charge >= 0.3 is 0 Å². The smallest absolute Gasteiger partial charge is 0.0721 e. The Bertz CT molecular complexity index is 498. The van der Waals surface area contributed by atoms with E-state index in [1.807, 2.05) is 22.9 Å². The molecule has 2 nitrogen and oxygen atoms in total. The Morgan fingerprint density at radius 1 is 1.19 bits per heavy atom. The van der Waals surface area contributed by atoms with Crippen LogP contribution in [0.5, 0.6) is 0 Å². The molecule has 0 unspecified atom stereocenters. The van der Waals surface area contributed by atoms with Gasteiger partial charge in [-0.05, 0) is 34.0 Å². The summed E-state index contributed by atoms with van der Waals surface area (Å²) in [7, 11) is 0. The minimum absolute atomic E-state index is 0.207. The topological polar surface area (TPSA) is 40.1 Å². The van der Waals surface area contributed by atoms with Gasteiger partial charge in [-0.3, -0.25) is 0 Å². The van der Waals surface area contributed by atoms with E-state index in [0.29, 0.717) is 5.56 Å². The van der Waals surface area contributed by atoms with Crippen molar-refractivity contribution in [3.63, 3.8) is 0 Å². The first-order valence-corrected chi connectivity index (χ1v) is 5.72. The lowest BCUT2D eigenvalue weighted by Crippen LogP contribution is -2.23. The van der Waals surface area contributed by atoms with Crippen LogP contribution in [0.15, 0.2) is 47.2 Å². The fourth-order valence-corrected chi connectivity index (χ4v) is 2.02. The summed E-state index contributed by atoms with van der Waals surface area (Å²) in [5.41, 5.74) is 1.75. The number of thiophene rings is 1. The predicted molar refractivity (Wildman–Crippen MR) is 63.6 cm³/mol. The number of rotatable bonds is 3. The Morgan fingerprint density at radius 3 is 2.50 bits per heavy atom. The summed E-state index contributed by atoms with van der Waals surface area (Å²) >= 11 is 1.53. The molecule has 16 heavy (non-hydrogen) atoms. The number of aliphatic carboxylic acids is 1. The van der Waals surface area contributed by atoms with Crippen molar-refractivity contribution in [1.82, 2.24) is 0 Å². The lowest BCUT2D eigenvalue weighted by molar-refractivity contribution is -0.295. The standard InChI is InChI=1S/C13H10O2S/c14-13(15)12(8-10-6-7-16-9-10)11-4-2-1-3-5-11/h1-9H,(H,14,15)/p-1/b12-8+. The molecule has 2 rings (SSSR count). The first-order valence-electron chi connectivity index (χ1n) is 4.78. The second-order valence-corrected chi connectivity index (χ2v) is 4.05. The van der Waals surface area contributed by atoms with Crippen LogP contribution in [0.25, 0.3) is 11.6 Å². The second kappa shape index (κ2) is 4.77. The van der Waals surface area contributed by atoms with Crippen LogP contribution in [0.4, 0.5) is 0 Å². The van der Waals surface area contributed by atoms with Gasteiger partial charge in [0.2, 0.25) is 0 Å². The maximum atomic E-state index is 11.1. The molecule has 0 atom stereocenters. The summed E-state index contributed by atoms with van der Waals surface area (Å²) in [5, 5.41) is 14.9. The first kappa shape index (κ1) is 10.6. The number of hydrogen-bond donors (Lipinski definition) is 0. The maximum Gasteiger partial charge on any atom is 0.0721 e. The number of carbonyl (C=O) groups excluding carboxylic acids is 1. The Labute approximate surface area is 97.5 Å². The highest BCUT2D eigenvalue weighted by atomic mass is 32.1. The van der Waals surface area contributed by atoms with Crippen LogP contribution in [-0.4, -0.2) is 5.97 Å². The van der Waals surface area contributed by atoms with Crippen molar-refractivity contribution in [3.8, 4) is 0 Å². The van der Waals surface area contributed by atoms with Gasteiger partial charge in [0.1, 0.15) is 0 Å². The number of benzene rings is 1. The highest BCUT2D eigenvalue weighted by Gasteiger charge is 2.02. The molecule has 2 aromatic rings. The van der Waals surface area contributed by atoms with E-state index in [2.05, 4.69) is 0 Å². The molecular formula is C13H9O2S-. The quantitative estimate of drug-likeness (QED) is 0.756. The maximum absolute atomic E-state index is 11.1. The molecule has 0 spiro atoms. The second-order valence-electron chi connectivity index (χ2n) is 3.27. The molecule has 0 aliphatic carbocycles. The van der Waals surface area contributed by atoms with E-state index in [0.717, 1.165) is 5.56 Å². The molecule has 0 bridgehead atoms. The van der Waals surface area contributed by atoms with Gasteiger partial charge in [0.15, 0.2) is 0 Å². The van der Waals surface area contributed by atoms with Gasteiger partial charge < -0.3 is 9.90 Å². The van der Waals surface area contributed by atoms with E-state index < -0.39 is 5.97 Å². The van der Waals surface area contributed by atoms with Crippen molar-refractivity contribution in [1.29, 1.82) is 0 Å². The van der Waals surface area contributed by atoms with Gasteiger partial charge in [-0.25, -0.2) is 0 Å². The SMILES string of the molecule is O=C([O-])/C(=C/c1ccsc1)c1ccccc1. The fourth-order valence-electron chi connectivity index (χ4n) is 1.40. The third kappa shape index (κ3) is 2.38. The molecule has 0 N–H and O–H groups in total. The number of carboxylic acid groups (broad SMARTS) is 1. The molecule has 3 heteroatoms. The van der Waals surface area contributed by atoms with E-state index in [1.54, 1.807) is 30.3 Å². The van der Waals surface area contributed by atoms with Crippen molar-refractivity contribution in [2.45, 2.75) is 0 Å². The molecule has 0 amide bonds. The molecule has 0 aliphatic rings. The van der Waals surface area contributed by atoms with Crippen LogP contribution in [-0.2, 0) is 4.79 Å². The Kier molecular flexibility index (Phi) is 3.17. The lowest BCUT2D eigenvalue weighted by Gasteiger charge is -2.08. The molecule has 0 saturated carbocycles. The number of carbonyl (C=O) groups is 1.